The van der Waals surface area contributed by atoms with Crippen molar-refractivity contribution in [3.63, 3.8) is 0 Å². The molecular weight excluding hydrogens is 626 g/mol. The molecular formula is C38H64N3O8. The van der Waals surface area contributed by atoms with Gasteiger partial charge in [-0.05, 0) is 87.8 Å². The number of hydrogen-bond donors (Lipinski definition) is 2. The fraction of sp³-hybridized carbons (Fsp3) is 0.737. The quantitative estimate of drug-likeness (QED) is 0.146. The summed E-state index contributed by atoms with van der Waals surface area (Å²) in [6.45, 7) is 19.1. The highest BCUT2D eigenvalue weighted by molar-refractivity contribution is 5.83. The second-order valence-corrected chi connectivity index (χ2v) is 15.2. The molecule has 1 unspecified atom stereocenters. The molecule has 1 heterocycles. The van der Waals surface area contributed by atoms with Crippen LogP contribution in [0.5, 0.6) is 11.5 Å². The van der Waals surface area contributed by atoms with Gasteiger partial charge in [0.25, 0.3) is 0 Å². The minimum Gasteiger partial charge on any atom is -0.493 e. The van der Waals surface area contributed by atoms with E-state index in [1.165, 1.54) is 5.92 Å². The van der Waals surface area contributed by atoms with Gasteiger partial charge in [0.15, 0.2) is 11.5 Å². The number of primary amides is 1. The van der Waals surface area contributed by atoms with Crippen molar-refractivity contribution in [1.82, 2.24) is 10.2 Å². The van der Waals surface area contributed by atoms with E-state index in [1.807, 2.05) is 46.8 Å². The Morgan fingerprint density at radius 3 is 2.29 bits per heavy atom. The van der Waals surface area contributed by atoms with E-state index in [-0.39, 0.29) is 55.2 Å². The van der Waals surface area contributed by atoms with Crippen LogP contribution in [0.1, 0.15) is 93.6 Å². The van der Waals surface area contributed by atoms with Crippen molar-refractivity contribution in [2.45, 2.75) is 113 Å². The van der Waals surface area contributed by atoms with E-state index in [0.29, 0.717) is 44.0 Å². The number of nitrogens with zero attached hydrogens (tertiary/aromatic N) is 1. The first-order chi connectivity index (χ1) is 23.0. The maximum atomic E-state index is 13.6. The number of nitrogens with one attached hydrogen (secondary N) is 1. The molecule has 5 atom stereocenters. The zero-order valence-corrected chi connectivity index (χ0v) is 31.9. The third kappa shape index (κ3) is 13.3. The van der Waals surface area contributed by atoms with Crippen LogP contribution in [0.3, 0.4) is 0 Å². The number of nitrogens with two attached hydrogens (primary N) is 1. The van der Waals surface area contributed by atoms with E-state index in [0.717, 1.165) is 18.4 Å². The average molecular weight is 691 g/mol. The van der Waals surface area contributed by atoms with Gasteiger partial charge in [-0.3, -0.25) is 14.5 Å². The summed E-state index contributed by atoms with van der Waals surface area (Å²) < 4.78 is 29.0. The first kappa shape index (κ1) is 42.1. The van der Waals surface area contributed by atoms with Crippen LogP contribution in [0, 0.1) is 35.0 Å². The standard InChI is InChI=1S/C38H64N3O8/c1-24(2)17-27(7)49-37(44)41-23-48-33(21-30(26(5)6)35(42)40-22-38(8,9)36(39)43)31(41)20-29(25(3)4)18-28-13-14-32(46-11)34(19-28)47-16-12-15-45-10/h13-14,19,25-27,29-31,33H,12,15-18,20-23H2,1-11H3,(H2,39,43)(H,40,42)/t27?,29-,30-,31-,33-/m0/s1. The fourth-order valence-electron chi connectivity index (χ4n) is 6.14. The van der Waals surface area contributed by atoms with Crippen LogP contribution in [0.25, 0.3) is 0 Å². The van der Waals surface area contributed by atoms with Gasteiger partial charge in [0.2, 0.25) is 11.8 Å². The van der Waals surface area contributed by atoms with Crippen LogP contribution in [-0.4, -0.2) is 81.8 Å². The van der Waals surface area contributed by atoms with Gasteiger partial charge in [0, 0.05) is 32.6 Å². The molecule has 1 saturated heterocycles. The number of benzene rings is 1. The molecule has 1 aromatic carbocycles. The SMILES string of the molecule is COCCCOc1cc(C[C@@H](C[C@H]2[C@H](C[C@H](C(=O)NCC(C)(C)C(N)=O)C(C)C)OCN2C(=O)OC(C)C[C](C)C)C(C)C)ccc1OC. The Labute approximate surface area is 295 Å². The molecule has 1 fully saturated rings. The highest BCUT2D eigenvalue weighted by Crippen LogP contribution is 2.36. The Kier molecular flexibility index (Phi) is 17.2. The highest BCUT2D eigenvalue weighted by atomic mass is 16.6. The largest absolute Gasteiger partial charge is 0.493 e. The van der Waals surface area contributed by atoms with Crippen LogP contribution in [0.15, 0.2) is 18.2 Å². The van der Waals surface area contributed by atoms with Crippen molar-refractivity contribution in [2.75, 3.05) is 40.7 Å². The van der Waals surface area contributed by atoms with Crippen LogP contribution < -0.4 is 20.5 Å². The van der Waals surface area contributed by atoms with E-state index < -0.39 is 23.3 Å². The van der Waals surface area contributed by atoms with Gasteiger partial charge in [0.1, 0.15) is 12.8 Å². The maximum Gasteiger partial charge on any atom is 0.412 e. The van der Waals surface area contributed by atoms with Gasteiger partial charge in [-0.25, -0.2) is 4.79 Å². The molecule has 0 spiro atoms. The Bertz CT molecular complexity index is 1190. The summed E-state index contributed by atoms with van der Waals surface area (Å²) >= 11 is 0. The predicted octanol–water partition coefficient (Wildman–Crippen LogP) is 6.16. The minimum atomic E-state index is -0.879. The molecule has 2 rings (SSSR count). The van der Waals surface area contributed by atoms with Crippen molar-refractivity contribution in [1.29, 1.82) is 0 Å². The van der Waals surface area contributed by atoms with Crippen LogP contribution in [-0.2, 0) is 30.2 Å². The lowest BCUT2D eigenvalue weighted by atomic mass is 9.80. The zero-order chi connectivity index (χ0) is 36.9. The lowest BCUT2D eigenvalue weighted by molar-refractivity contribution is -0.130. The van der Waals surface area contributed by atoms with E-state index >= 15 is 0 Å². The van der Waals surface area contributed by atoms with Crippen LogP contribution in [0.4, 0.5) is 4.79 Å². The predicted molar refractivity (Wildman–Crippen MR) is 191 cm³/mol. The number of methoxy groups -OCH3 is 2. The molecule has 0 saturated carbocycles. The highest BCUT2D eigenvalue weighted by Gasteiger charge is 2.43. The number of hydrogen-bond acceptors (Lipinski definition) is 8. The molecule has 3 N–H and O–H groups in total. The molecule has 1 aliphatic rings. The van der Waals surface area contributed by atoms with Gasteiger partial charge in [0.05, 0.1) is 31.3 Å². The zero-order valence-electron chi connectivity index (χ0n) is 31.9. The van der Waals surface area contributed by atoms with Gasteiger partial charge in [-0.2, -0.15) is 0 Å². The first-order valence-electron chi connectivity index (χ1n) is 17.7. The second kappa shape index (κ2) is 20.0. The molecule has 49 heavy (non-hydrogen) atoms. The molecule has 1 radical (unpaired) electrons. The van der Waals surface area contributed by atoms with Crippen molar-refractivity contribution in [3.05, 3.63) is 29.7 Å². The van der Waals surface area contributed by atoms with Crippen LogP contribution >= 0.6 is 0 Å². The summed E-state index contributed by atoms with van der Waals surface area (Å²) in [5, 5.41) is 2.95. The Hall–Kier alpha value is -3.05. The molecule has 0 bridgehead atoms. The summed E-state index contributed by atoms with van der Waals surface area (Å²) in [6.07, 6.45) is 2.19. The molecule has 0 aliphatic carbocycles. The van der Waals surface area contributed by atoms with Crippen molar-refractivity contribution < 1.29 is 38.1 Å². The Balaban J connectivity index is 2.36. The van der Waals surface area contributed by atoms with Gasteiger partial charge in [-0.15, -0.1) is 0 Å². The van der Waals surface area contributed by atoms with Crippen molar-refractivity contribution >= 4 is 17.9 Å². The summed E-state index contributed by atoms with van der Waals surface area (Å²) in [5.74, 6) is 1.95. The second-order valence-electron chi connectivity index (χ2n) is 15.2. The Morgan fingerprint density at radius 2 is 1.71 bits per heavy atom. The van der Waals surface area contributed by atoms with Gasteiger partial charge < -0.3 is 34.7 Å². The van der Waals surface area contributed by atoms with E-state index in [2.05, 4.69) is 25.2 Å². The van der Waals surface area contributed by atoms with Crippen molar-refractivity contribution in [3.8, 4) is 11.5 Å². The third-order valence-electron chi connectivity index (χ3n) is 9.45. The Morgan fingerprint density at radius 1 is 1.02 bits per heavy atom. The first-order valence-corrected chi connectivity index (χ1v) is 17.7. The van der Waals surface area contributed by atoms with E-state index in [9.17, 15) is 14.4 Å². The smallest absolute Gasteiger partial charge is 0.412 e. The summed E-state index contributed by atoms with van der Waals surface area (Å²) in [6, 6.07) is 5.72. The molecule has 11 heteroatoms. The van der Waals surface area contributed by atoms with Gasteiger partial charge in [-0.1, -0.05) is 47.6 Å². The number of carbonyl (C=O) groups is 3. The molecule has 1 aliphatic heterocycles. The topological polar surface area (TPSA) is 139 Å². The van der Waals surface area contributed by atoms with E-state index in [4.69, 9.17) is 29.4 Å². The molecule has 11 nitrogen and oxygen atoms in total. The third-order valence-corrected chi connectivity index (χ3v) is 9.45. The van der Waals surface area contributed by atoms with E-state index in [1.54, 1.807) is 33.0 Å². The number of ether oxygens (including phenoxy) is 5. The minimum absolute atomic E-state index is 0.00691. The average Bonchev–Trinajstić information content (AvgIpc) is 3.41. The number of rotatable bonds is 21. The fourth-order valence-corrected chi connectivity index (χ4v) is 6.14. The lowest BCUT2D eigenvalue weighted by Crippen LogP contribution is -2.47. The normalized spacial score (nSPS) is 18.4. The molecule has 1 aromatic rings. The number of carbonyl (C=O) groups excluding carboxylic acids is 3. The summed E-state index contributed by atoms with van der Waals surface area (Å²) in [7, 11) is 3.30. The lowest BCUT2D eigenvalue weighted by Gasteiger charge is -2.33. The molecule has 0 aromatic heterocycles. The summed E-state index contributed by atoms with van der Waals surface area (Å²) in [5.41, 5.74) is 5.77. The monoisotopic (exact) mass is 690 g/mol. The summed E-state index contributed by atoms with van der Waals surface area (Å²) in [4.78, 5) is 40.8. The molecule has 279 valence electrons. The molecule has 3 amide bonds. The van der Waals surface area contributed by atoms with Gasteiger partial charge >= 0.3 is 6.09 Å². The van der Waals surface area contributed by atoms with Crippen molar-refractivity contribution in [2.24, 2.45) is 34.8 Å². The number of amides is 3. The maximum absolute atomic E-state index is 13.6. The van der Waals surface area contributed by atoms with Crippen LogP contribution in [0.2, 0.25) is 0 Å².